The quantitative estimate of drug-likeness (QED) is 0.503. The molecule has 0 bridgehead atoms. The number of rotatable bonds is 2. The van der Waals surface area contributed by atoms with Gasteiger partial charge in [0.15, 0.2) is 17.2 Å². The molecule has 4 aliphatic carbocycles. The number of alkyl halides is 1. The van der Waals surface area contributed by atoms with Gasteiger partial charge in [0, 0.05) is 16.7 Å². The number of halogens is 1. The molecule has 4 aliphatic rings. The van der Waals surface area contributed by atoms with Crippen molar-refractivity contribution in [1.29, 1.82) is 0 Å². The number of carbonyl (C=O) groups excluding carboxylic acids is 2. The molecule has 0 heterocycles. The van der Waals surface area contributed by atoms with Crippen LogP contribution in [0.2, 0.25) is 0 Å². The number of hydrogen-bond donors (Lipinski definition) is 3. The Labute approximate surface area is 194 Å². The van der Waals surface area contributed by atoms with E-state index >= 15 is 4.39 Å². The molecule has 8 atom stereocenters. The second-order valence-corrected chi connectivity index (χ2v) is 9.75. The summed E-state index contributed by atoms with van der Waals surface area (Å²) in [7, 11) is 0. The van der Waals surface area contributed by atoms with Crippen molar-refractivity contribution in [2.24, 2.45) is 28.6 Å². The van der Waals surface area contributed by atoms with Gasteiger partial charge in [-0.1, -0.05) is 25.5 Å². The minimum Gasteiger partial charge on any atom is -1.00 e. The summed E-state index contributed by atoms with van der Waals surface area (Å²) in [5, 5.41) is 32.0. The third kappa shape index (κ3) is 2.60. The van der Waals surface area contributed by atoms with E-state index in [9.17, 15) is 24.9 Å². The van der Waals surface area contributed by atoms with Gasteiger partial charge in [-0.05, 0) is 56.6 Å². The van der Waals surface area contributed by atoms with Gasteiger partial charge in [0.05, 0.1) is 6.10 Å². The predicted molar refractivity (Wildman–Crippen MR) is 101 cm³/mol. The van der Waals surface area contributed by atoms with Crippen LogP contribution in [0.1, 0.15) is 47.9 Å². The zero-order valence-electron chi connectivity index (χ0n) is 18.6. The van der Waals surface area contributed by atoms with E-state index in [1.54, 1.807) is 26.8 Å². The van der Waals surface area contributed by atoms with Crippen molar-refractivity contribution in [2.45, 2.75) is 63.8 Å². The molecular weight excluding hydrogens is 386 g/mol. The first kappa shape index (κ1) is 23.3. The summed E-state index contributed by atoms with van der Waals surface area (Å²) in [6.07, 6.45) is 4.44. The number of hydrogen-bond acceptors (Lipinski definition) is 5. The Morgan fingerprint density at radius 1 is 1.34 bits per heavy atom. The Morgan fingerprint density at radius 3 is 2.62 bits per heavy atom. The maximum absolute atomic E-state index is 16.9. The van der Waals surface area contributed by atoms with Gasteiger partial charge in [0.25, 0.3) is 0 Å². The molecular formula is C22H30FNaO5. The van der Waals surface area contributed by atoms with Crippen LogP contribution in [0.15, 0.2) is 23.8 Å². The molecule has 0 aliphatic heterocycles. The molecule has 29 heavy (non-hydrogen) atoms. The summed E-state index contributed by atoms with van der Waals surface area (Å²) in [4.78, 5) is 24.4. The van der Waals surface area contributed by atoms with E-state index in [1.165, 1.54) is 12.2 Å². The molecule has 0 spiro atoms. The van der Waals surface area contributed by atoms with Crippen LogP contribution in [0.25, 0.3) is 0 Å². The van der Waals surface area contributed by atoms with Gasteiger partial charge < -0.3 is 16.7 Å². The molecule has 3 fully saturated rings. The van der Waals surface area contributed by atoms with Gasteiger partial charge in [0.2, 0.25) is 0 Å². The number of carbonyl (C=O) groups is 2. The Balaban J connectivity index is 0.00000160. The minimum atomic E-state index is -1.98. The normalized spacial score (nSPS) is 50.7. The van der Waals surface area contributed by atoms with Crippen molar-refractivity contribution in [3.8, 4) is 0 Å². The molecule has 5 nitrogen and oxygen atoms in total. The van der Waals surface area contributed by atoms with Crippen molar-refractivity contribution in [3.63, 3.8) is 0 Å². The first-order valence-electron chi connectivity index (χ1n) is 10.1. The Morgan fingerprint density at radius 2 is 2.00 bits per heavy atom. The first-order chi connectivity index (χ1) is 13.0. The third-order valence-corrected chi connectivity index (χ3v) is 8.79. The largest absolute Gasteiger partial charge is 1.00 e. The van der Waals surface area contributed by atoms with E-state index in [-0.39, 0.29) is 49.1 Å². The molecule has 0 aromatic rings. The van der Waals surface area contributed by atoms with Gasteiger partial charge in [-0.15, -0.1) is 0 Å². The molecule has 0 aromatic heterocycles. The second kappa shape index (κ2) is 7.07. The standard InChI is InChI=1S/C22H29FO5.Na.H/c1-12-8-16-15-5-4-13-9-14(25)6-7-19(13,2)21(15,23)17(26)10-20(16,3)22(12,28)18(27)11-24;;/h6-7,9,12,15-17,24,26,28H,4-5,8,10-11H2,1-3H3;;/q;+1;-1/t12-,15-,16-,17-,19-,20-,21-,22-;;/m0../s1. The molecule has 4 rings (SSSR count). The Bertz CT molecular complexity index is 817. The molecule has 0 unspecified atom stereocenters. The maximum Gasteiger partial charge on any atom is 1.00 e. The van der Waals surface area contributed by atoms with Gasteiger partial charge in [0.1, 0.15) is 12.2 Å². The number of aliphatic hydroxyl groups excluding tert-OH is 2. The Kier molecular flexibility index (Phi) is 5.68. The maximum atomic E-state index is 16.9. The fourth-order valence-electron chi connectivity index (χ4n) is 7.26. The monoisotopic (exact) mass is 416 g/mol. The van der Waals surface area contributed by atoms with Crippen LogP contribution in [-0.2, 0) is 9.59 Å². The molecule has 3 saturated carbocycles. The number of Topliss-reactive ketones (excluding diaryl/α,β-unsaturated/α-hetero) is 1. The van der Waals surface area contributed by atoms with Crippen molar-refractivity contribution >= 4 is 11.6 Å². The second-order valence-electron chi connectivity index (χ2n) is 9.75. The van der Waals surface area contributed by atoms with E-state index in [4.69, 9.17) is 0 Å². The van der Waals surface area contributed by atoms with Crippen molar-refractivity contribution < 1.29 is 60.3 Å². The summed E-state index contributed by atoms with van der Waals surface area (Å²) in [6.45, 7) is 4.48. The molecule has 0 amide bonds. The molecule has 0 aromatic carbocycles. The smallest absolute Gasteiger partial charge is 1.00 e. The van der Waals surface area contributed by atoms with E-state index in [1.807, 2.05) is 0 Å². The van der Waals surface area contributed by atoms with Crippen LogP contribution < -0.4 is 29.6 Å². The van der Waals surface area contributed by atoms with Crippen molar-refractivity contribution in [1.82, 2.24) is 0 Å². The van der Waals surface area contributed by atoms with Gasteiger partial charge in [-0.2, -0.15) is 0 Å². The van der Waals surface area contributed by atoms with Crippen LogP contribution in [0.3, 0.4) is 0 Å². The predicted octanol–water partition coefficient (Wildman–Crippen LogP) is -0.988. The average molecular weight is 416 g/mol. The molecule has 0 saturated heterocycles. The summed E-state index contributed by atoms with van der Waals surface area (Å²) < 4.78 is 16.9. The first-order valence-corrected chi connectivity index (χ1v) is 10.1. The van der Waals surface area contributed by atoms with Crippen LogP contribution >= 0.6 is 0 Å². The van der Waals surface area contributed by atoms with Crippen LogP contribution in [0.5, 0.6) is 0 Å². The van der Waals surface area contributed by atoms with E-state index < -0.39 is 52.4 Å². The number of fused-ring (bicyclic) bond motifs is 5. The summed E-state index contributed by atoms with van der Waals surface area (Å²) in [5.74, 6) is -2.12. The summed E-state index contributed by atoms with van der Waals surface area (Å²) in [6, 6.07) is 0. The molecule has 156 valence electrons. The topological polar surface area (TPSA) is 94.8 Å². The van der Waals surface area contributed by atoms with Gasteiger partial charge >= 0.3 is 29.6 Å². The fraction of sp³-hybridized carbons (Fsp3) is 0.727. The fourth-order valence-corrected chi connectivity index (χ4v) is 7.26. The van der Waals surface area contributed by atoms with E-state index in [2.05, 4.69) is 0 Å². The molecule has 0 radical (unpaired) electrons. The number of ketones is 2. The van der Waals surface area contributed by atoms with E-state index in [0.29, 0.717) is 24.8 Å². The minimum absolute atomic E-state index is 0. The van der Waals surface area contributed by atoms with E-state index in [0.717, 1.165) is 0 Å². The molecule has 3 N–H and O–H groups in total. The number of aliphatic hydroxyl groups is 3. The zero-order chi connectivity index (χ0) is 20.7. The average Bonchev–Trinajstić information content (AvgIpc) is 2.84. The van der Waals surface area contributed by atoms with Gasteiger partial charge in [-0.25, -0.2) is 4.39 Å². The molecule has 7 heteroatoms. The third-order valence-electron chi connectivity index (χ3n) is 8.79. The van der Waals surface area contributed by atoms with Crippen molar-refractivity contribution in [3.05, 3.63) is 23.8 Å². The van der Waals surface area contributed by atoms with Crippen LogP contribution in [-0.4, -0.2) is 50.9 Å². The number of allylic oxidation sites excluding steroid dienone is 4. The van der Waals surface area contributed by atoms with Crippen LogP contribution in [0.4, 0.5) is 4.39 Å². The summed E-state index contributed by atoms with van der Waals surface area (Å²) in [5.41, 5.74) is -5.17. The Hall–Kier alpha value is -0.370. The zero-order valence-corrected chi connectivity index (χ0v) is 19.6. The van der Waals surface area contributed by atoms with Gasteiger partial charge in [-0.3, -0.25) is 9.59 Å². The van der Waals surface area contributed by atoms with Crippen LogP contribution in [0, 0.1) is 28.6 Å². The summed E-state index contributed by atoms with van der Waals surface area (Å²) >= 11 is 0. The van der Waals surface area contributed by atoms with Crippen molar-refractivity contribution in [2.75, 3.05) is 6.61 Å². The SMILES string of the molecule is C[C@H]1C[C@H]2[C@@H]3CCC4=CC(=O)C=C[C@]4(C)[C@@]3(F)[C@@H](O)C[C@]2(C)[C@@]1(O)C(=O)CO.[H-].[Na+].